The van der Waals surface area contributed by atoms with Crippen LogP contribution >= 0.6 is 12.2 Å². The molecular formula is C7H11N5S. The largest absolute Gasteiger partial charge is 0.364 e. The van der Waals surface area contributed by atoms with Crippen molar-refractivity contribution in [3.8, 4) is 0 Å². The molecule has 1 rings (SSSR count). The van der Waals surface area contributed by atoms with E-state index in [1.807, 2.05) is 19.3 Å². The van der Waals surface area contributed by atoms with Crippen molar-refractivity contribution in [3.63, 3.8) is 0 Å². The standard InChI is InChI=1S/C7H11N5S/c1-8-7(13)10-9-5-6-3-4-12(2)11-6/h3-5H,1-2H3,(H2,8,10,13)/b9-5+. The van der Waals surface area contributed by atoms with Crippen molar-refractivity contribution in [3.05, 3.63) is 18.0 Å². The van der Waals surface area contributed by atoms with E-state index >= 15 is 0 Å². The molecule has 0 aliphatic heterocycles. The maximum Gasteiger partial charge on any atom is 0.186 e. The molecule has 70 valence electrons. The quantitative estimate of drug-likeness (QED) is 0.393. The summed E-state index contributed by atoms with van der Waals surface area (Å²) in [5.41, 5.74) is 3.42. The number of aryl methyl sites for hydroxylation is 1. The van der Waals surface area contributed by atoms with Gasteiger partial charge in [-0.1, -0.05) is 0 Å². The monoisotopic (exact) mass is 197 g/mol. The summed E-state index contributed by atoms with van der Waals surface area (Å²) in [6.07, 6.45) is 3.45. The normalized spacial score (nSPS) is 10.3. The predicted octanol–water partition coefficient (Wildman–Crippen LogP) is -0.152. The zero-order valence-corrected chi connectivity index (χ0v) is 8.30. The summed E-state index contributed by atoms with van der Waals surface area (Å²) in [5, 5.41) is 11.2. The second-order valence-electron chi connectivity index (χ2n) is 2.36. The minimum absolute atomic E-state index is 0.479. The first-order valence-corrected chi connectivity index (χ1v) is 4.13. The van der Waals surface area contributed by atoms with Gasteiger partial charge in [-0.3, -0.25) is 10.1 Å². The van der Waals surface area contributed by atoms with E-state index in [2.05, 4.69) is 20.9 Å². The Morgan fingerprint density at radius 1 is 1.77 bits per heavy atom. The summed E-state index contributed by atoms with van der Waals surface area (Å²) in [6.45, 7) is 0. The van der Waals surface area contributed by atoms with Gasteiger partial charge < -0.3 is 5.32 Å². The SMILES string of the molecule is CNC(=S)N/N=C/c1ccn(C)n1. The lowest BCUT2D eigenvalue weighted by Crippen LogP contribution is -2.28. The van der Waals surface area contributed by atoms with Crippen molar-refractivity contribution in [1.82, 2.24) is 20.5 Å². The number of nitrogens with zero attached hydrogens (tertiary/aromatic N) is 3. The Balaban J connectivity index is 2.45. The van der Waals surface area contributed by atoms with Gasteiger partial charge in [0, 0.05) is 20.3 Å². The third-order valence-electron chi connectivity index (χ3n) is 1.32. The van der Waals surface area contributed by atoms with E-state index in [-0.39, 0.29) is 0 Å². The fourth-order valence-electron chi connectivity index (χ4n) is 0.715. The molecule has 5 nitrogen and oxygen atoms in total. The van der Waals surface area contributed by atoms with E-state index in [1.165, 1.54) is 0 Å². The number of thiocarbonyl (C=S) groups is 1. The van der Waals surface area contributed by atoms with Crippen molar-refractivity contribution < 1.29 is 0 Å². The second-order valence-corrected chi connectivity index (χ2v) is 2.77. The third-order valence-corrected chi connectivity index (χ3v) is 1.62. The van der Waals surface area contributed by atoms with Gasteiger partial charge in [0.05, 0.1) is 6.21 Å². The number of hydrogen-bond donors (Lipinski definition) is 2. The highest BCUT2D eigenvalue weighted by Gasteiger charge is 1.90. The summed E-state index contributed by atoms with van der Waals surface area (Å²) in [5.74, 6) is 0. The molecule has 0 amide bonds. The number of hydrogen-bond acceptors (Lipinski definition) is 3. The Morgan fingerprint density at radius 3 is 3.08 bits per heavy atom. The van der Waals surface area contributed by atoms with E-state index in [9.17, 15) is 0 Å². The number of nitrogens with one attached hydrogen (secondary N) is 2. The fourth-order valence-corrected chi connectivity index (χ4v) is 0.768. The summed E-state index contributed by atoms with van der Waals surface area (Å²) in [4.78, 5) is 0. The Morgan fingerprint density at radius 2 is 2.54 bits per heavy atom. The molecule has 13 heavy (non-hydrogen) atoms. The van der Waals surface area contributed by atoms with Gasteiger partial charge in [-0.05, 0) is 18.3 Å². The molecule has 0 spiro atoms. The van der Waals surface area contributed by atoms with Crippen LogP contribution in [-0.4, -0.2) is 28.2 Å². The lowest BCUT2D eigenvalue weighted by Gasteiger charge is -1.97. The van der Waals surface area contributed by atoms with Crippen LogP contribution in [0, 0.1) is 0 Å². The third kappa shape index (κ3) is 3.20. The first-order chi connectivity index (χ1) is 6.22. The first kappa shape index (κ1) is 9.66. The molecular weight excluding hydrogens is 186 g/mol. The molecule has 1 aromatic rings. The van der Waals surface area contributed by atoms with Gasteiger partial charge in [0.1, 0.15) is 5.69 Å². The minimum atomic E-state index is 0.479. The molecule has 0 saturated heterocycles. The topological polar surface area (TPSA) is 54.2 Å². The number of aromatic nitrogens is 2. The molecule has 0 unspecified atom stereocenters. The van der Waals surface area contributed by atoms with Crippen molar-refractivity contribution in [1.29, 1.82) is 0 Å². The van der Waals surface area contributed by atoms with Crippen LogP contribution in [0.15, 0.2) is 17.4 Å². The Labute approximate surface area is 81.8 Å². The van der Waals surface area contributed by atoms with Crippen molar-refractivity contribution in [2.75, 3.05) is 7.05 Å². The molecule has 0 fully saturated rings. The summed E-state index contributed by atoms with van der Waals surface area (Å²) < 4.78 is 1.71. The molecule has 1 aromatic heterocycles. The molecule has 0 aliphatic carbocycles. The van der Waals surface area contributed by atoms with Crippen LogP contribution < -0.4 is 10.7 Å². The van der Waals surface area contributed by atoms with E-state index in [1.54, 1.807) is 17.9 Å². The van der Waals surface area contributed by atoms with Crippen LogP contribution in [0.1, 0.15) is 5.69 Å². The van der Waals surface area contributed by atoms with Crippen molar-refractivity contribution in [2.24, 2.45) is 12.1 Å². The van der Waals surface area contributed by atoms with Gasteiger partial charge in [0.2, 0.25) is 0 Å². The summed E-state index contributed by atoms with van der Waals surface area (Å²) in [6, 6.07) is 1.85. The second kappa shape index (κ2) is 4.56. The molecule has 0 bridgehead atoms. The van der Waals surface area contributed by atoms with Gasteiger partial charge in [-0.2, -0.15) is 10.2 Å². The molecule has 0 saturated carbocycles. The minimum Gasteiger partial charge on any atom is -0.364 e. The van der Waals surface area contributed by atoms with Crippen LogP contribution in [0.5, 0.6) is 0 Å². The fraction of sp³-hybridized carbons (Fsp3) is 0.286. The smallest absolute Gasteiger partial charge is 0.186 e. The Kier molecular flexibility index (Phi) is 3.39. The van der Waals surface area contributed by atoms with Gasteiger partial charge in [-0.25, -0.2) is 0 Å². The maximum atomic E-state index is 4.81. The van der Waals surface area contributed by atoms with Crippen LogP contribution in [0.4, 0.5) is 0 Å². The lowest BCUT2D eigenvalue weighted by atomic mass is 10.5. The first-order valence-electron chi connectivity index (χ1n) is 3.73. The molecule has 2 N–H and O–H groups in total. The number of hydrazone groups is 1. The highest BCUT2D eigenvalue weighted by Crippen LogP contribution is 1.87. The Hall–Kier alpha value is -1.43. The van der Waals surface area contributed by atoms with Gasteiger partial charge in [-0.15, -0.1) is 0 Å². The molecule has 0 aromatic carbocycles. The Bertz CT molecular complexity index is 316. The average molecular weight is 197 g/mol. The average Bonchev–Trinajstić information content (AvgIpc) is 2.51. The molecule has 0 atom stereocenters. The molecule has 1 heterocycles. The van der Waals surface area contributed by atoms with E-state index in [4.69, 9.17) is 12.2 Å². The van der Waals surface area contributed by atoms with Gasteiger partial charge in [0.15, 0.2) is 5.11 Å². The molecule has 0 radical (unpaired) electrons. The summed E-state index contributed by atoms with van der Waals surface area (Å²) >= 11 is 4.81. The predicted molar refractivity (Wildman–Crippen MR) is 55.6 cm³/mol. The zero-order chi connectivity index (χ0) is 9.68. The van der Waals surface area contributed by atoms with E-state index in [0.29, 0.717) is 5.11 Å². The van der Waals surface area contributed by atoms with Gasteiger partial charge in [0.25, 0.3) is 0 Å². The van der Waals surface area contributed by atoms with Crippen molar-refractivity contribution in [2.45, 2.75) is 0 Å². The van der Waals surface area contributed by atoms with Crippen LogP contribution in [0.2, 0.25) is 0 Å². The van der Waals surface area contributed by atoms with E-state index in [0.717, 1.165) is 5.69 Å². The highest BCUT2D eigenvalue weighted by molar-refractivity contribution is 7.80. The molecule has 0 aliphatic rings. The molecule has 6 heteroatoms. The highest BCUT2D eigenvalue weighted by atomic mass is 32.1. The lowest BCUT2D eigenvalue weighted by molar-refractivity contribution is 0.765. The van der Waals surface area contributed by atoms with Gasteiger partial charge >= 0.3 is 0 Å². The van der Waals surface area contributed by atoms with Crippen molar-refractivity contribution >= 4 is 23.5 Å². The maximum absolute atomic E-state index is 4.81. The van der Waals surface area contributed by atoms with Crippen LogP contribution in [0.3, 0.4) is 0 Å². The summed E-state index contributed by atoms with van der Waals surface area (Å²) in [7, 11) is 3.58. The number of rotatable bonds is 2. The zero-order valence-electron chi connectivity index (χ0n) is 7.48. The van der Waals surface area contributed by atoms with Crippen LogP contribution in [0.25, 0.3) is 0 Å². The van der Waals surface area contributed by atoms with Crippen LogP contribution in [-0.2, 0) is 7.05 Å². The van der Waals surface area contributed by atoms with E-state index < -0.39 is 0 Å².